The molecule has 0 atom stereocenters. The van der Waals surface area contributed by atoms with E-state index < -0.39 is 0 Å². The SMILES string of the molecule is O=C(/C=C/c1ccc(Br)cc1)c1cccc(-c2cccc(F)c2)c1. The molecule has 1 nitrogen and oxygen atoms in total. The first-order valence-corrected chi connectivity index (χ1v) is 8.25. The number of carbonyl (C=O) groups is 1. The van der Waals surface area contributed by atoms with Crippen molar-refractivity contribution >= 4 is 27.8 Å². The quantitative estimate of drug-likeness (QED) is 0.391. The summed E-state index contributed by atoms with van der Waals surface area (Å²) < 4.78 is 14.4. The molecule has 0 amide bonds. The summed E-state index contributed by atoms with van der Waals surface area (Å²) in [5.41, 5.74) is 3.09. The first-order chi connectivity index (χ1) is 11.6. The molecule has 0 fully saturated rings. The molecular weight excluding hydrogens is 367 g/mol. The molecule has 3 aromatic rings. The van der Waals surface area contributed by atoms with Crippen LogP contribution in [0.3, 0.4) is 0 Å². The Morgan fingerprint density at radius 2 is 1.54 bits per heavy atom. The van der Waals surface area contributed by atoms with E-state index in [4.69, 9.17) is 0 Å². The summed E-state index contributed by atoms with van der Waals surface area (Å²) in [5.74, 6) is -0.379. The number of benzene rings is 3. The first-order valence-electron chi connectivity index (χ1n) is 7.46. The molecule has 0 saturated carbocycles. The number of hydrogen-bond donors (Lipinski definition) is 0. The van der Waals surface area contributed by atoms with Gasteiger partial charge in [-0.2, -0.15) is 0 Å². The monoisotopic (exact) mass is 380 g/mol. The number of allylic oxidation sites excluding steroid dienone is 1. The first kappa shape index (κ1) is 16.3. The second-order valence-electron chi connectivity index (χ2n) is 5.34. The van der Waals surface area contributed by atoms with Gasteiger partial charge < -0.3 is 0 Å². The van der Waals surface area contributed by atoms with Crippen LogP contribution in [-0.4, -0.2) is 5.78 Å². The van der Waals surface area contributed by atoms with Crippen LogP contribution in [-0.2, 0) is 0 Å². The van der Waals surface area contributed by atoms with Gasteiger partial charge in [0.05, 0.1) is 0 Å². The third kappa shape index (κ3) is 4.06. The highest BCUT2D eigenvalue weighted by Gasteiger charge is 2.05. The van der Waals surface area contributed by atoms with Crippen LogP contribution in [0.2, 0.25) is 0 Å². The van der Waals surface area contributed by atoms with E-state index >= 15 is 0 Å². The van der Waals surface area contributed by atoms with Crippen molar-refractivity contribution in [1.82, 2.24) is 0 Å². The molecule has 0 aliphatic carbocycles. The van der Waals surface area contributed by atoms with Crippen molar-refractivity contribution in [3.8, 4) is 11.1 Å². The van der Waals surface area contributed by atoms with Crippen molar-refractivity contribution in [3.05, 3.63) is 100 Å². The summed E-state index contributed by atoms with van der Waals surface area (Å²) in [7, 11) is 0. The Balaban J connectivity index is 1.83. The minimum atomic E-state index is -0.292. The standard InChI is InChI=1S/C21H14BrFO/c22-19-10-7-15(8-11-19)9-12-21(24)18-5-1-3-16(13-18)17-4-2-6-20(23)14-17/h1-14H/b12-9+. The van der Waals surface area contributed by atoms with Gasteiger partial charge in [-0.25, -0.2) is 4.39 Å². The Bertz CT molecular complexity index is 898. The minimum absolute atomic E-state index is 0.0869. The number of ketones is 1. The maximum absolute atomic E-state index is 13.4. The third-order valence-corrected chi connectivity index (χ3v) is 4.13. The molecular formula is C21H14BrFO. The fourth-order valence-corrected chi connectivity index (χ4v) is 2.63. The highest BCUT2D eigenvalue weighted by Crippen LogP contribution is 2.22. The van der Waals surface area contributed by atoms with E-state index in [9.17, 15) is 9.18 Å². The molecule has 3 aromatic carbocycles. The second kappa shape index (κ2) is 7.37. The van der Waals surface area contributed by atoms with E-state index in [1.165, 1.54) is 12.1 Å². The lowest BCUT2D eigenvalue weighted by Gasteiger charge is -2.04. The van der Waals surface area contributed by atoms with Crippen LogP contribution < -0.4 is 0 Å². The largest absolute Gasteiger partial charge is 0.289 e. The maximum Gasteiger partial charge on any atom is 0.185 e. The predicted octanol–water partition coefficient (Wildman–Crippen LogP) is 6.15. The number of hydrogen-bond acceptors (Lipinski definition) is 1. The van der Waals surface area contributed by atoms with Crippen molar-refractivity contribution in [3.63, 3.8) is 0 Å². The number of halogens is 2. The van der Waals surface area contributed by atoms with Gasteiger partial charge in [-0.15, -0.1) is 0 Å². The molecule has 0 spiro atoms. The average molecular weight is 381 g/mol. The van der Waals surface area contributed by atoms with E-state index in [1.54, 1.807) is 36.4 Å². The Labute approximate surface area is 148 Å². The molecule has 0 heterocycles. The molecule has 0 unspecified atom stereocenters. The summed E-state index contributed by atoms with van der Waals surface area (Å²) in [6.45, 7) is 0. The van der Waals surface area contributed by atoms with E-state index in [-0.39, 0.29) is 11.6 Å². The van der Waals surface area contributed by atoms with E-state index in [1.807, 2.05) is 36.4 Å². The third-order valence-electron chi connectivity index (χ3n) is 3.60. The molecule has 0 bridgehead atoms. The molecule has 3 heteroatoms. The van der Waals surface area contributed by atoms with Gasteiger partial charge in [-0.3, -0.25) is 4.79 Å². The van der Waals surface area contributed by atoms with Crippen LogP contribution in [0.5, 0.6) is 0 Å². The molecule has 0 aromatic heterocycles. The van der Waals surface area contributed by atoms with E-state index in [0.29, 0.717) is 5.56 Å². The zero-order chi connectivity index (χ0) is 16.9. The second-order valence-corrected chi connectivity index (χ2v) is 6.26. The van der Waals surface area contributed by atoms with Gasteiger partial charge in [0.2, 0.25) is 0 Å². The fourth-order valence-electron chi connectivity index (χ4n) is 2.36. The van der Waals surface area contributed by atoms with Gasteiger partial charge in [-0.05, 0) is 53.1 Å². The highest BCUT2D eigenvalue weighted by atomic mass is 79.9. The summed E-state index contributed by atoms with van der Waals surface area (Å²) in [5, 5.41) is 0. The lowest BCUT2D eigenvalue weighted by Crippen LogP contribution is -1.94. The van der Waals surface area contributed by atoms with Crippen LogP contribution in [0.15, 0.2) is 83.3 Å². The molecule has 24 heavy (non-hydrogen) atoms. The van der Waals surface area contributed by atoms with Gasteiger partial charge in [0.1, 0.15) is 5.82 Å². The topological polar surface area (TPSA) is 17.1 Å². The predicted molar refractivity (Wildman–Crippen MR) is 99.3 cm³/mol. The van der Waals surface area contributed by atoms with Crippen molar-refractivity contribution in [2.24, 2.45) is 0 Å². The molecule has 0 radical (unpaired) electrons. The normalized spacial score (nSPS) is 10.9. The molecule has 3 rings (SSSR count). The highest BCUT2D eigenvalue weighted by molar-refractivity contribution is 9.10. The van der Waals surface area contributed by atoms with Gasteiger partial charge >= 0.3 is 0 Å². The average Bonchev–Trinajstić information content (AvgIpc) is 2.61. The maximum atomic E-state index is 13.4. The van der Waals surface area contributed by atoms with E-state index in [2.05, 4.69) is 15.9 Å². The van der Waals surface area contributed by atoms with Crippen molar-refractivity contribution < 1.29 is 9.18 Å². The number of rotatable bonds is 4. The van der Waals surface area contributed by atoms with Gasteiger partial charge in [-0.1, -0.05) is 64.5 Å². The summed E-state index contributed by atoms with van der Waals surface area (Å²) in [4.78, 5) is 12.4. The Morgan fingerprint density at radius 3 is 2.25 bits per heavy atom. The van der Waals surface area contributed by atoms with Crippen molar-refractivity contribution in [1.29, 1.82) is 0 Å². The van der Waals surface area contributed by atoms with Gasteiger partial charge in [0.25, 0.3) is 0 Å². The smallest absolute Gasteiger partial charge is 0.185 e. The zero-order valence-corrected chi connectivity index (χ0v) is 14.3. The Hall–Kier alpha value is -2.52. The fraction of sp³-hybridized carbons (Fsp3) is 0. The summed E-state index contributed by atoms with van der Waals surface area (Å²) >= 11 is 3.38. The van der Waals surface area contributed by atoms with E-state index in [0.717, 1.165) is 21.2 Å². The van der Waals surface area contributed by atoms with Crippen molar-refractivity contribution in [2.45, 2.75) is 0 Å². The lowest BCUT2D eigenvalue weighted by atomic mass is 10.0. The molecule has 118 valence electrons. The van der Waals surface area contributed by atoms with Crippen LogP contribution in [0.4, 0.5) is 4.39 Å². The van der Waals surface area contributed by atoms with Crippen LogP contribution >= 0.6 is 15.9 Å². The van der Waals surface area contributed by atoms with Gasteiger partial charge in [0, 0.05) is 10.0 Å². The Kier molecular flexibility index (Phi) is 5.02. The lowest BCUT2D eigenvalue weighted by molar-refractivity contribution is 0.104. The molecule has 0 saturated heterocycles. The molecule has 0 aliphatic heterocycles. The van der Waals surface area contributed by atoms with Crippen LogP contribution in [0, 0.1) is 5.82 Å². The zero-order valence-electron chi connectivity index (χ0n) is 12.7. The molecule has 0 aliphatic rings. The Morgan fingerprint density at radius 1 is 0.875 bits per heavy atom. The van der Waals surface area contributed by atoms with Crippen molar-refractivity contribution in [2.75, 3.05) is 0 Å². The van der Waals surface area contributed by atoms with Crippen LogP contribution in [0.25, 0.3) is 17.2 Å². The minimum Gasteiger partial charge on any atom is -0.289 e. The summed E-state index contributed by atoms with van der Waals surface area (Å²) in [6, 6.07) is 21.3. The molecule has 0 N–H and O–H groups in total. The number of carbonyl (C=O) groups excluding carboxylic acids is 1. The van der Waals surface area contributed by atoms with Crippen LogP contribution in [0.1, 0.15) is 15.9 Å². The van der Waals surface area contributed by atoms with Gasteiger partial charge in [0.15, 0.2) is 5.78 Å². The summed E-state index contributed by atoms with van der Waals surface area (Å²) in [6.07, 6.45) is 3.33.